The van der Waals surface area contributed by atoms with Crippen LogP contribution >= 0.6 is 0 Å². The predicted molar refractivity (Wildman–Crippen MR) is 79.6 cm³/mol. The van der Waals surface area contributed by atoms with Crippen molar-refractivity contribution >= 4 is 11.8 Å². The highest BCUT2D eigenvalue weighted by Gasteiger charge is 2.28. The maximum atomic E-state index is 12.3. The first-order valence-electron chi connectivity index (χ1n) is 7.70. The highest BCUT2D eigenvalue weighted by Crippen LogP contribution is 2.20. The van der Waals surface area contributed by atoms with E-state index in [1.54, 1.807) is 0 Å². The second-order valence-electron chi connectivity index (χ2n) is 5.77. The Morgan fingerprint density at radius 2 is 2.00 bits per heavy atom. The van der Waals surface area contributed by atoms with Gasteiger partial charge in [-0.15, -0.1) is 0 Å². The zero-order chi connectivity index (χ0) is 15.2. The molecule has 2 aliphatic rings. The van der Waals surface area contributed by atoms with Crippen molar-refractivity contribution in [2.24, 2.45) is 5.92 Å². The van der Waals surface area contributed by atoms with E-state index in [1.807, 2.05) is 11.8 Å². The molecule has 0 radical (unpaired) electrons. The zero-order valence-electron chi connectivity index (χ0n) is 12.7. The number of likely N-dealkylation sites (tertiary alicyclic amines) is 1. The van der Waals surface area contributed by atoms with Crippen LogP contribution in [0.15, 0.2) is 11.1 Å². The molecule has 2 aliphatic heterocycles. The molecule has 2 heterocycles. The van der Waals surface area contributed by atoms with Gasteiger partial charge in [0.1, 0.15) is 0 Å². The second kappa shape index (κ2) is 7.56. The standard InChI is InChI=1S/C15H25N3O3/c1-11(13-9-16-10-13)15(21)18-6-3-12(4-7-18)14(20)17-5-2-8-19/h12,16,19H,2-10H2,1H3,(H,17,20). The molecule has 0 saturated carbocycles. The first-order chi connectivity index (χ1) is 10.1. The van der Waals surface area contributed by atoms with E-state index in [0.717, 1.165) is 31.5 Å². The molecule has 21 heavy (non-hydrogen) atoms. The first kappa shape index (κ1) is 16.0. The van der Waals surface area contributed by atoms with Gasteiger partial charge in [-0.3, -0.25) is 9.59 Å². The number of nitrogens with one attached hydrogen (secondary N) is 2. The van der Waals surface area contributed by atoms with Crippen LogP contribution in [0.4, 0.5) is 0 Å². The topological polar surface area (TPSA) is 81.7 Å². The summed E-state index contributed by atoms with van der Waals surface area (Å²) in [5, 5.41) is 14.7. The van der Waals surface area contributed by atoms with E-state index in [9.17, 15) is 9.59 Å². The van der Waals surface area contributed by atoms with Crippen molar-refractivity contribution in [2.75, 3.05) is 39.3 Å². The van der Waals surface area contributed by atoms with Crippen molar-refractivity contribution in [3.05, 3.63) is 11.1 Å². The van der Waals surface area contributed by atoms with Gasteiger partial charge in [0.15, 0.2) is 0 Å². The molecule has 2 saturated heterocycles. The molecule has 0 unspecified atom stereocenters. The highest BCUT2D eigenvalue weighted by atomic mass is 16.3. The van der Waals surface area contributed by atoms with E-state index in [1.165, 1.54) is 5.57 Å². The van der Waals surface area contributed by atoms with Gasteiger partial charge in [0.25, 0.3) is 0 Å². The second-order valence-corrected chi connectivity index (χ2v) is 5.77. The molecule has 2 fully saturated rings. The number of aliphatic hydroxyl groups is 1. The highest BCUT2D eigenvalue weighted by molar-refractivity contribution is 5.94. The molecule has 0 aromatic heterocycles. The van der Waals surface area contributed by atoms with Crippen LogP contribution in [0.5, 0.6) is 0 Å². The van der Waals surface area contributed by atoms with Crippen molar-refractivity contribution in [1.29, 1.82) is 0 Å². The Balaban J connectivity index is 1.77. The minimum absolute atomic E-state index is 0.00827. The quantitative estimate of drug-likeness (QED) is 0.478. The number of carbonyl (C=O) groups excluding carboxylic acids is 2. The zero-order valence-corrected chi connectivity index (χ0v) is 12.7. The summed E-state index contributed by atoms with van der Waals surface area (Å²) in [6.45, 7) is 5.45. The minimum atomic E-state index is -0.00827. The number of hydrogen-bond acceptors (Lipinski definition) is 4. The number of rotatable bonds is 5. The van der Waals surface area contributed by atoms with Gasteiger partial charge >= 0.3 is 0 Å². The van der Waals surface area contributed by atoms with Crippen LogP contribution in [-0.2, 0) is 9.59 Å². The number of nitrogens with zero attached hydrogens (tertiary/aromatic N) is 1. The lowest BCUT2D eigenvalue weighted by Crippen LogP contribution is -2.45. The van der Waals surface area contributed by atoms with Crippen LogP contribution in [-0.4, -0.2) is 61.2 Å². The normalized spacial score (nSPS) is 19.1. The molecule has 0 bridgehead atoms. The fraction of sp³-hybridized carbons (Fsp3) is 0.733. The molecule has 2 rings (SSSR count). The molecule has 0 atom stereocenters. The van der Waals surface area contributed by atoms with Gasteiger partial charge in [-0.1, -0.05) is 0 Å². The van der Waals surface area contributed by atoms with Gasteiger partial charge in [0, 0.05) is 50.8 Å². The number of hydrogen-bond donors (Lipinski definition) is 3. The molecule has 118 valence electrons. The van der Waals surface area contributed by atoms with Gasteiger partial charge in [-0.05, 0) is 31.8 Å². The van der Waals surface area contributed by atoms with Crippen molar-refractivity contribution < 1.29 is 14.7 Å². The number of carbonyl (C=O) groups is 2. The predicted octanol–water partition coefficient (Wildman–Crippen LogP) is -0.357. The Hall–Kier alpha value is -1.40. The first-order valence-corrected chi connectivity index (χ1v) is 7.70. The van der Waals surface area contributed by atoms with Gasteiger partial charge in [0.05, 0.1) is 0 Å². The maximum Gasteiger partial charge on any atom is 0.249 e. The molecule has 6 nitrogen and oxygen atoms in total. The van der Waals surface area contributed by atoms with Crippen molar-refractivity contribution in [2.45, 2.75) is 26.2 Å². The molecular formula is C15H25N3O3. The lowest BCUT2D eigenvalue weighted by molar-refractivity contribution is -0.132. The van der Waals surface area contributed by atoms with E-state index in [0.29, 0.717) is 26.1 Å². The summed E-state index contributed by atoms with van der Waals surface area (Å²) < 4.78 is 0. The average Bonchev–Trinajstić information content (AvgIpc) is 2.45. The van der Waals surface area contributed by atoms with E-state index < -0.39 is 0 Å². The van der Waals surface area contributed by atoms with Gasteiger partial charge in [-0.2, -0.15) is 0 Å². The summed E-state index contributed by atoms with van der Waals surface area (Å²) in [6.07, 6.45) is 2.03. The van der Waals surface area contributed by atoms with E-state index in [-0.39, 0.29) is 24.3 Å². The molecule has 3 N–H and O–H groups in total. The molecule has 0 aromatic carbocycles. The van der Waals surface area contributed by atoms with Crippen LogP contribution < -0.4 is 10.6 Å². The summed E-state index contributed by atoms with van der Waals surface area (Å²) in [6, 6.07) is 0. The van der Waals surface area contributed by atoms with Crippen LogP contribution in [0, 0.1) is 5.92 Å². The summed E-state index contributed by atoms with van der Waals surface area (Å²) in [5.41, 5.74) is 2.06. The Bertz CT molecular complexity index is 420. The molecule has 6 heteroatoms. The Morgan fingerprint density at radius 1 is 1.33 bits per heavy atom. The van der Waals surface area contributed by atoms with Gasteiger partial charge in [0.2, 0.25) is 11.8 Å². The fourth-order valence-electron chi connectivity index (χ4n) is 2.68. The third-order valence-corrected chi connectivity index (χ3v) is 4.31. The third kappa shape index (κ3) is 4.04. The van der Waals surface area contributed by atoms with Crippen LogP contribution in [0.3, 0.4) is 0 Å². The molecular weight excluding hydrogens is 270 g/mol. The Labute approximate surface area is 125 Å². The SMILES string of the molecule is CC(C(=O)N1CCC(C(=O)NCCCO)CC1)=C1CNC1. The van der Waals surface area contributed by atoms with Gasteiger partial charge in [-0.25, -0.2) is 0 Å². The molecule has 0 spiro atoms. The third-order valence-electron chi connectivity index (χ3n) is 4.31. The average molecular weight is 295 g/mol. The summed E-state index contributed by atoms with van der Waals surface area (Å²) in [7, 11) is 0. The molecule has 0 aliphatic carbocycles. The van der Waals surface area contributed by atoms with E-state index in [4.69, 9.17) is 5.11 Å². The maximum absolute atomic E-state index is 12.3. The van der Waals surface area contributed by atoms with Crippen LogP contribution in [0.25, 0.3) is 0 Å². The monoisotopic (exact) mass is 295 g/mol. The van der Waals surface area contributed by atoms with E-state index in [2.05, 4.69) is 10.6 Å². The van der Waals surface area contributed by atoms with Crippen molar-refractivity contribution in [3.63, 3.8) is 0 Å². The number of amides is 2. The van der Waals surface area contributed by atoms with Crippen molar-refractivity contribution in [1.82, 2.24) is 15.5 Å². The summed E-state index contributed by atoms with van der Waals surface area (Å²) in [4.78, 5) is 26.1. The fourth-order valence-corrected chi connectivity index (χ4v) is 2.68. The molecule has 2 amide bonds. The van der Waals surface area contributed by atoms with Crippen LogP contribution in [0.1, 0.15) is 26.2 Å². The Morgan fingerprint density at radius 3 is 2.52 bits per heavy atom. The van der Waals surface area contributed by atoms with Crippen LogP contribution in [0.2, 0.25) is 0 Å². The lowest BCUT2D eigenvalue weighted by Gasteiger charge is -2.33. The number of aliphatic hydroxyl groups excluding tert-OH is 1. The summed E-state index contributed by atoms with van der Waals surface area (Å²) >= 11 is 0. The van der Waals surface area contributed by atoms with Gasteiger partial charge < -0.3 is 20.6 Å². The smallest absolute Gasteiger partial charge is 0.249 e. The summed E-state index contributed by atoms with van der Waals surface area (Å²) in [5.74, 6) is 0.158. The lowest BCUT2D eigenvalue weighted by atomic mass is 9.94. The molecule has 0 aromatic rings. The number of piperidine rings is 1. The largest absolute Gasteiger partial charge is 0.396 e. The minimum Gasteiger partial charge on any atom is -0.396 e. The van der Waals surface area contributed by atoms with Crippen molar-refractivity contribution in [3.8, 4) is 0 Å². The van der Waals surface area contributed by atoms with E-state index >= 15 is 0 Å². The Kier molecular flexibility index (Phi) is 5.76.